The molecule has 0 saturated heterocycles. The maximum Gasteiger partial charge on any atom is 0.269 e. The fourth-order valence-electron chi connectivity index (χ4n) is 1.90. The number of rotatable bonds is 6. The predicted molar refractivity (Wildman–Crippen MR) is 82.6 cm³/mol. The minimum absolute atomic E-state index is 0.0993. The third-order valence-electron chi connectivity index (χ3n) is 2.88. The minimum atomic E-state index is -0.400. The van der Waals surface area contributed by atoms with E-state index in [1.807, 2.05) is 38.1 Å². The zero-order valence-electron chi connectivity index (χ0n) is 12.1. The Hall–Kier alpha value is -2.56. The molecule has 0 aliphatic rings. The first-order valence-electron chi connectivity index (χ1n) is 6.79. The lowest BCUT2D eigenvalue weighted by atomic mass is 10.2. The van der Waals surface area contributed by atoms with Gasteiger partial charge in [0.1, 0.15) is 5.75 Å². The van der Waals surface area contributed by atoms with Crippen molar-refractivity contribution in [2.45, 2.75) is 26.5 Å². The van der Waals surface area contributed by atoms with E-state index in [0.29, 0.717) is 6.54 Å². The summed E-state index contributed by atoms with van der Waals surface area (Å²) in [5.74, 6) is 0.800. The van der Waals surface area contributed by atoms with Gasteiger partial charge in [-0.05, 0) is 31.5 Å². The molecule has 0 fully saturated rings. The van der Waals surface area contributed by atoms with Crippen molar-refractivity contribution in [3.05, 3.63) is 64.2 Å². The highest BCUT2D eigenvalue weighted by Crippen LogP contribution is 2.25. The van der Waals surface area contributed by atoms with Crippen LogP contribution in [0.15, 0.2) is 48.5 Å². The number of nitro benzene ring substituents is 1. The maximum absolute atomic E-state index is 10.6. The maximum atomic E-state index is 10.6. The Balaban J connectivity index is 2.04. The van der Waals surface area contributed by atoms with Gasteiger partial charge in [-0.15, -0.1) is 0 Å². The monoisotopic (exact) mass is 286 g/mol. The van der Waals surface area contributed by atoms with Crippen LogP contribution in [-0.4, -0.2) is 11.0 Å². The van der Waals surface area contributed by atoms with Gasteiger partial charge in [-0.25, -0.2) is 0 Å². The van der Waals surface area contributed by atoms with Crippen molar-refractivity contribution in [2.24, 2.45) is 0 Å². The third kappa shape index (κ3) is 4.21. The molecule has 0 aromatic heterocycles. The van der Waals surface area contributed by atoms with Crippen molar-refractivity contribution in [3.63, 3.8) is 0 Å². The van der Waals surface area contributed by atoms with E-state index >= 15 is 0 Å². The molecular weight excluding hydrogens is 268 g/mol. The standard InChI is InChI=1S/C16H18N2O3/c1-12(2)21-16-6-4-3-5-15(16)17-11-13-7-9-14(10-8-13)18(19)20/h3-10,12,17H,11H2,1-2H3. The van der Waals surface area contributed by atoms with E-state index in [1.54, 1.807) is 12.1 Å². The van der Waals surface area contributed by atoms with Crippen LogP contribution in [0.1, 0.15) is 19.4 Å². The van der Waals surface area contributed by atoms with E-state index < -0.39 is 4.92 Å². The Morgan fingerprint density at radius 2 is 1.81 bits per heavy atom. The van der Waals surface area contributed by atoms with Crippen molar-refractivity contribution in [1.82, 2.24) is 0 Å². The van der Waals surface area contributed by atoms with Crippen LogP contribution in [0, 0.1) is 10.1 Å². The second-order valence-corrected chi connectivity index (χ2v) is 4.94. The fraction of sp³-hybridized carbons (Fsp3) is 0.250. The van der Waals surface area contributed by atoms with Crippen LogP contribution in [0.3, 0.4) is 0 Å². The van der Waals surface area contributed by atoms with Gasteiger partial charge in [0.05, 0.1) is 16.7 Å². The van der Waals surface area contributed by atoms with E-state index in [4.69, 9.17) is 4.74 Å². The van der Waals surface area contributed by atoms with E-state index in [-0.39, 0.29) is 11.8 Å². The molecule has 2 rings (SSSR count). The summed E-state index contributed by atoms with van der Waals surface area (Å²) in [4.78, 5) is 10.2. The Kier molecular flexibility index (Phi) is 4.77. The molecule has 0 unspecified atom stereocenters. The van der Waals surface area contributed by atoms with Gasteiger partial charge in [0.15, 0.2) is 0 Å². The summed E-state index contributed by atoms with van der Waals surface area (Å²) in [5.41, 5.74) is 1.98. The van der Waals surface area contributed by atoms with Gasteiger partial charge in [0.2, 0.25) is 0 Å². The number of ether oxygens (including phenoxy) is 1. The summed E-state index contributed by atoms with van der Waals surface area (Å²) in [6.07, 6.45) is 0.104. The third-order valence-corrected chi connectivity index (χ3v) is 2.88. The molecule has 5 heteroatoms. The van der Waals surface area contributed by atoms with E-state index in [2.05, 4.69) is 5.32 Å². The molecule has 0 radical (unpaired) electrons. The SMILES string of the molecule is CC(C)Oc1ccccc1NCc1ccc([N+](=O)[O-])cc1. The van der Waals surface area contributed by atoms with Crippen LogP contribution in [0.4, 0.5) is 11.4 Å². The van der Waals surface area contributed by atoms with Gasteiger partial charge in [-0.2, -0.15) is 0 Å². The quantitative estimate of drug-likeness (QED) is 0.644. The molecular formula is C16H18N2O3. The second kappa shape index (κ2) is 6.74. The van der Waals surface area contributed by atoms with Crippen LogP contribution in [0.2, 0.25) is 0 Å². The normalized spacial score (nSPS) is 10.4. The highest BCUT2D eigenvalue weighted by Gasteiger charge is 2.06. The summed E-state index contributed by atoms with van der Waals surface area (Å²) in [6, 6.07) is 14.2. The second-order valence-electron chi connectivity index (χ2n) is 4.94. The number of benzene rings is 2. The lowest BCUT2D eigenvalue weighted by Crippen LogP contribution is -2.08. The van der Waals surface area contributed by atoms with Crippen molar-refractivity contribution >= 4 is 11.4 Å². The van der Waals surface area contributed by atoms with Crippen molar-refractivity contribution in [3.8, 4) is 5.75 Å². The Morgan fingerprint density at radius 1 is 1.14 bits per heavy atom. The molecule has 110 valence electrons. The van der Waals surface area contributed by atoms with Crippen LogP contribution in [-0.2, 0) is 6.54 Å². The first-order chi connectivity index (χ1) is 10.1. The number of hydrogen-bond donors (Lipinski definition) is 1. The van der Waals surface area contributed by atoms with Gasteiger partial charge in [-0.1, -0.05) is 24.3 Å². The number of para-hydroxylation sites is 2. The largest absolute Gasteiger partial charge is 0.489 e. The summed E-state index contributed by atoms with van der Waals surface area (Å²) in [6.45, 7) is 4.54. The minimum Gasteiger partial charge on any atom is -0.489 e. The molecule has 0 atom stereocenters. The number of non-ortho nitro benzene ring substituents is 1. The topological polar surface area (TPSA) is 64.4 Å². The van der Waals surface area contributed by atoms with E-state index in [0.717, 1.165) is 17.0 Å². The Morgan fingerprint density at radius 3 is 2.43 bits per heavy atom. The lowest BCUT2D eigenvalue weighted by molar-refractivity contribution is -0.384. The molecule has 0 aliphatic carbocycles. The fourth-order valence-corrected chi connectivity index (χ4v) is 1.90. The molecule has 0 aliphatic heterocycles. The van der Waals surface area contributed by atoms with Crippen LogP contribution >= 0.6 is 0 Å². The van der Waals surface area contributed by atoms with Crippen molar-refractivity contribution < 1.29 is 9.66 Å². The molecule has 21 heavy (non-hydrogen) atoms. The Bertz CT molecular complexity index is 609. The number of nitrogens with one attached hydrogen (secondary N) is 1. The van der Waals surface area contributed by atoms with Crippen LogP contribution < -0.4 is 10.1 Å². The van der Waals surface area contributed by atoms with Gasteiger partial charge < -0.3 is 10.1 Å². The van der Waals surface area contributed by atoms with Crippen LogP contribution in [0.5, 0.6) is 5.75 Å². The summed E-state index contributed by atoms with van der Waals surface area (Å²) >= 11 is 0. The van der Waals surface area contributed by atoms with E-state index in [1.165, 1.54) is 12.1 Å². The lowest BCUT2D eigenvalue weighted by Gasteiger charge is -2.15. The summed E-state index contributed by atoms with van der Waals surface area (Å²) in [7, 11) is 0. The first-order valence-corrected chi connectivity index (χ1v) is 6.79. The average Bonchev–Trinajstić information content (AvgIpc) is 2.46. The van der Waals surface area contributed by atoms with Gasteiger partial charge in [0, 0.05) is 18.7 Å². The van der Waals surface area contributed by atoms with E-state index in [9.17, 15) is 10.1 Å². The smallest absolute Gasteiger partial charge is 0.269 e. The van der Waals surface area contributed by atoms with Crippen molar-refractivity contribution in [1.29, 1.82) is 0 Å². The average molecular weight is 286 g/mol. The highest BCUT2D eigenvalue weighted by molar-refractivity contribution is 5.56. The Labute approximate surface area is 123 Å². The summed E-state index contributed by atoms with van der Waals surface area (Å²) in [5, 5.41) is 13.9. The highest BCUT2D eigenvalue weighted by atomic mass is 16.6. The zero-order chi connectivity index (χ0) is 15.2. The molecule has 0 bridgehead atoms. The van der Waals surface area contributed by atoms with Gasteiger partial charge in [0.25, 0.3) is 5.69 Å². The number of hydrogen-bond acceptors (Lipinski definition) is 4. The zero-order valence-corrected chi connectivity index (χ0v) is 12.1. The molecule has 0 spiro atoms. The predicted octanol–water partition coefficient (Wildman–Crippen LogP) is 3.99. The molecule has 0 amide bonds. The van der Waals surface area contributed by atoms with Gasteiger partial charge in [-0.3, -0.25) is 10.1 Å². The molecule has 0 heterocycles. The van der Waals surface area contributed by atoms with Gasteiger partial charge >= 0.3 is 0 Å². The number of nitro groups is 1. The van der Waals surface area contributed by atoms with Crippen molar-refractivity contribution in [2.75, 3.05) is 5.32 Å². The molecule has 2 aromatic rings. The summed E-state index contributed by atoms with van der Waals surface area (Å²) < 4.78 is 5.73. The molecule has 1 N–H and O–H groups in total. The molecule has 0 saturated carbocycles. The number of nitrogens with zero attached hydrogens (tertiary/aromatic N) is 1. The molecule has 5 nitrogen and oxygen atoms in total. The van der Waals surface area contributed by atoms with Crippen LogP contribution in [0.25, 0.3) is 0 Å². The molecule has 2 aromatic carbocycles. The number of anilines is 1. The first kappa shape index (κ1) is 14.8.